The minimum absolute atomic E-state index is 0.271. The van der Waals surface area contributed by atoms with Gasteiger partial charge in [0.05, 0.1) is 0 Å². The van der Waals surface area contributed by atoms with Crippen molar-refractivity contribution in [3.8, 4) is 11.5 Å². The summed E-state index contributed by atoms with van der Waals surface area (Å²) >= 11 is 0. The highest BCUT2D eigenvalue weighted by Gasteiger charge is 2.09. The summed E-state index contributed by atoms with van der Waals surface area (Å²) in [5.41, 5.74) is 1.02. The van der Waals surface area contributed by atoms with Crippen LogP contribution in [0.1, 0.15) is 12.0 Å². The summed E-state index contributed by atoms with van der Waals surface area (Å²) in [5, 5.41) is 0. The molecule has 4 heteroatoms. The van der Waals surface area contributed by atoms with Crippen molar-refractivity contribution in [2.45, 2.75) is 13.0 Å². The van der Waals surface area contributed by atoms with E-state index in [2.05, 4.69) is 0 Å². The van der Waals surface area contributed by atoms with Crippen molar-refractivity contribution in [2.75, 3.05) is 0 Å². The number of rotatable bonds is 6. The van der Waals surface area contributed by atoms with Crippen molar-refractivity contribution in [1.29, 1.82) is 0 Å². The van der Waals surface area contributed by atoms with Crippen LogP contribution in [0.4, 0.5) is 0 Å². The number of hydrogen-bond acceptors (Lipinski definition) is 4. The van der Waals surface area contributed by atoms with Crippen LogP contribution in [-0.2, 0) is 16.2 Å². The van der Waals surface area contributed by atoms with E-state index in [0.29, 0.717) is 24.4 Å². The van der Waals surface area contributed by atoms with Crippen LogP contribution in [0.3, 0.4) is 0 Å². The molecule has 0 spiro atoms. The van der Waals surface area contributed by atoms with Crippen molar-refractivity contribution in [2.24, 2.45) is 0 Å². The molecular weight excluding hydrogens is 256 g/mol. The zero-order valence-electron chi connectivity index (χ0n) is 10.8. The average molecular weight is 270 g/mol. The Morgan fingerprint density at radius 3 is 2.30 bits per heavy atom. The Balaban J connectivity index is 2.04. The van der Waals surface area contributed by atoms with Gasteiger partial charge in [0, 0.05) is 0 Å². The molecule has 2 rings (SSSR count). The molecule has 20 heavy (non-hydrogen) atoms. The fraction of sp³-hybridized carbons (Fsp3) is 0.125. The van der Waals surface area contributed by atoms with Crippen LogP contribution in [-0.4, -0.2) is 12.3 Å². The summed E-state index contributed by atoms with van der Waals surface area (Å²) in [5.74, 6) is 0.182. The molecular formula is C16H14O4. The van der Waals surface area contributed by atoms with E-state index in [1.54, 1.807) is 24.3 Å². The number of carbonyl (C=O) groups excluding carboxylic acids is 2. The number of hydrogen-bond donors (Lipinski definition) is 0. The standard InChI is InChI=1S/C16H14O4/c17-11-10-16(18)20-15-9-5-4-8-14(15)19-12-13-6-2-1-3-7-13/h1-9,11H,10,12H2. The van der Waals surface area contributed by atoms with Crippen LogP contribution in [0.5, 0.6) is 11.5 Å². The average Bonchev–Trinajstić information content (AvgIpc) is 2.48. The molecule has 2 aromatic carbocycles. The van der Waals surface area contributed by atoms with Crippen LogP contribution in [0.2, 0.25) is 0 Å². The first-order chi connectivity index (χ1) is 9.79. The lowest BCUT2D eigenvalue weighted by atomic mass is 10.2. The topological polar surface area (TPSA) is 52.6 Å². The summed E-state index contributed by atoms with van der Waals surface area (Å²) in [6, 6.07) is 16.5. The maximum atomic E-state index is 11.3. The fourth-order valence-electron chi connectivity index (χ4n) is 1.62. The third-order valence-electron chi connectivity index (χ3n) is 2.56. The molecule has 0 amide bonds. The normalized spacial score (nSPS) is 9.80. The molecule has 0 unspecified atom stereocenters. The summed E-state index contributed by atoms with van der Waals surface area (Å²) in [6.45, 7) is 0.378. The smallest absolute Gasteiger partial charge is 0.318 e. The van der Waals surface area contributed by atoms with E-state index < -0.39 is 5.97 Å². The third-order valence-corrected chi connectivity index (χ3v) is 2.56. The summed E-state index contributed by atoms with van der Waals surface area (Å²) < 4.78 is 10.7. The van der Waals surface area contributed by atoms with Crippen molar-refractivity contribution >= 4 is 12.3 Å². The maximum Gasteiger partial charge on any atom is 0.318 e. The third kappa shape index (κ3) is 3.95. The number of carbonyl (C=O) groups is 2. The Morgan fingerprint density at radius 1 is 0.950 bits per heavy atom. The zero-order chi connectivity index (χ0) is 14.2. The van der Waals surface area contributed by atoms with Gasteiger partial charge < -0.3 is 14.3 Å². The molecule has 0 radical (unpaired) electrons. The van der Waals surface area contributed by atoms with Crippen molar-refractivity contribution < 1.29 is 19.1 Å². The minimum atomic E-state index is -0.601. The van der Waals surface area contributed by atoms with Gasteiger partial charge in [-0.3, -0.25) is 4.79 Å². The molecule has 0 aliphatic heterocycles. The molecule has 0 saturated heterocycles. The first kappa shape index (κ1) is 13.8. The van der Waals surface area contributed by atoms with E-state index in [1.807, 2.05) is 30.3 Å². The highest BCUT2D eigenvalue weighted by Crippen LogP contribution is 2.27. The van der Waals surface area contributed by atoms with Crippen molar-refractivity contribution in [3.63, 3.8) is 0 Å². The second-order valence-corrected chi connectivity index (χ2v) is 4.07. The highest BCUT2D eigenvalue weighted by molar-refractivity contribution is 5.85. The molecule has 0 saturated carbocycles. The molecule has 0 aliphatic rings. The van der Waals surface area contributed by atoms with Crippen LogP contribution in [0.25, 0.3) is 0 Å². The van der Waals surface area contributed by atoms with Crippen LogP contribution >= 0.6 is 0 Å². The Kier molecular flexibility index (Phi) is 4.89. The fourth-order valence-corrected chi connectivity index (χ4v) is 1.62. The Hall–Kier alpha value is -2.62. The van der Waals surface area contributed by atoms with E-state index in [4.69, 9.17) is 9.47 Å². The Labute approximate surface area is 116 Å². The molecule has 4 nitrogen and oxygen atoms in total. The van der Waals surface area contributed by atoms with Gasteiger partial charge in [0.1, 0.15) is 19.3 Å². The second-order valence-electron chi connectivity index (χ2n) is 4.07. The van der Waals surface area contributed by atoms with Gasteiger partial charge in [-0.2, -0.15) is 0 Å². The minimum Gasteiger partial charge on any atom is -0.485 e. The van der Waals surface area contributed by atoms with E-state index in [1.165, 1.54) is 0 Å². The van der Waals surface area contributed by atoms with E-state index >= 15 is 0 Å². The lowest BCUT2D eigenvalue weighted by molar-refractivity contribution is -0.135. The van der Waals surface area contributed by atoms with E-state index in [9.17, 15) is 9.59 Å². The van der Waals surface area contributed by atoms with Gasteiger partial charge in [0.2, 0.25) is 0 Å². The van der Waals surface area contributed by atoms with Gasteiger partial charge in [-0.05, 0) is 17.7 Å². The molecule has 0 aromatic heterocycles. The Morgan fingerprint density at radius 2 is 1.60 bits per heavy atom. The number of para-hydroxylation sites is 2. The van der Waals surface area contributed by atoms with E-state index in [0.717, 1.165) is 5.56 Å². The van der Waals surface area contributed by atoms with Crippen LogP contribution in [0.15, 0.2) is 54.6 Å². The SMILES string of the molecule is O=CCC(=O)Oc1ccccc1OCc1ccccc1. The zero-order valence-corrected chi connectivity index (χ0v) is 10.8. The van der Waals surface area contributed by atoms with Gasteiger partial charge in [-0.15, -0.1) is 0 Å². The van der Waals surface area contributed by atoms with Crippen LogP contribution in [0, 0.1) is 0 Å². The molecule has 0 heterocycles. The molecule has 0 N–H and O–H groups in total. The largest absolute Gasteiger partial charge is 0.485 e. The van der Waals surface area contributed by atoms with Crippen LogP contribution < -0.4 is 9.47 Å². The predicted octanol–water partition coefficient (Wildman–Crippen LogP) is 2.76. The number of benzene rings is 2. The lowest BCUT2D eigenvalue weighted by Gasteiger charge is -2.11. The molecule has 0 atom stereocenters. The van der Waals surface area contributed by atoms with Crippen molar-refractivity contribution in [3.05, 3.63) is 60.2 Å². The van der Waals surface area contributed by atoms with Gasteiger partial charge in [0.15, 0.2) is 11.5 Å². The molecule has 102 valence electrons. The second kappa shape index (κ2) is 7.09. The Bertz CT molecular complexity index is 578. The molecule has 0 bridgehead atoms. The lowest BCUT2D eigenvalue weighted by Crippen LogP contribution is -2.09. The quantitative estimate of drug-likeness (QED) is 0.350. The number of aldehydes is 1. The summed E-state index contributed by atoms with van der Waals surface area (Å²) in [4.78, 5) is 21.6. The van der Waals surface area contributed by atoms with E-state index in [-0.39, 0.29) is 6.42 Å². The predicted molar refractivity (Wildman–Crippen MR) is 73.5 cm³/mol. The maximum absolute atomic E-state index is 11.3. The molecule has 0 fully saturated rings. The number of ether oxygens (including phenoxy) is 2. The van der Waals surface area contributed by atoms with Gasteiger partial charge in [0.25, 0.3) is 0 Å². The summed E-state index contributed by atoms with van der Waals surface area (Å²) in [7, 11) is 0. The molecule has 2 aromatic rings. The monoisotopic (exact) mass is 270 g/mol. The van der Waals surface area contributed by atoms with Gasteiger partial charge in [-0.25, -0.2) is 0 Å². The highest BCUT2D eigenvalue weighted by atomic mass is 16.6. The van der Waals surface area contributed by atoms with Gasteiger partial charge in [-0.1, -0.05) is 42.5 Å². The van der Waals surface area contributed by atoms with Gasteiger partial charge >= 0.3 is 5.97 Å². The summed E-state index contributed by atoms with van der Waals surface area (Å²) in [6.07, 6.45) is 0.239. The van der Waals surface area contributed by atoms with Crippen molar-refractivity contribution in [1.82, 2.24) is 0 Å². The number of esters is 1. The molecule has 0 aliphatic carbocycles. The first-order valence-electron chi connectivity index (χ1n) is 6.19. The first-order valence-corrected chi connectivity index (χ1v) is 6.19.